The molecule has 0 aromatic carbocycles. The Morgan fingerprint density at radius 2 is 0.800 bits per heavy atom. The van der Waals surface area contributed by atoms with Crippen LogP contribution < -0.4 is 0 Å². The van der Waals surface area contributed by atoms with Crippen molar-refractivity contribution in [2.75, 3.05) is 0 Å². The summed E-state index contributed by atoms with van der Waals surface area (Å²) in [6.45, 7) is 0. The second kappa shape index (κ2) is 2.14. The standard InChI is InChI=1S/AsCl4/c2-1(3,4)5. The molecule has 33 valence electrons. The monoisotopic (exact) mass is 215 g/mol. The van der Waals surface area contributed by atoms with Gasteiger partial charge >= 0.3 is 49.6 Å². The van der Waals surface area contributed by atoms with E-state index >= 15 is 0 Å². The van der Waals surface area contributed by atoms with E-state index in [9.17, 15) is 0 Å². The molecule has 0 saturated heterocycles. The fraction of sp³-hybridized carbons (Fsp3) is 0. The molecular weight excluding hydrogens is 217 g/mol. The predicted molar refractivity (Wildman–Crippen MR) is 29.2 cm³/mol. The maximum absolute atomic E-state index is 5.00. The first kappa shape index (κ1) is 6.72. The zero-order chi connectivity index (χ0) is 4.50. The summed E-state index contributed by atoms with van der Waals surface area (Å²) in [5.41, 5.74) is 0. The van der Waals surface area contributed by atoms with Gasteiger partial charge in [0.25, 0.3) is 0 Å². The van der Waals surface area contributed by atoms with Crippen molar-refractivity contribution in [2.24, 2.45) is 0 Å². The Hall–Kier alpha value is 1.72. The molecule has 0 aromatic heterocycles. The molecule has 0 aliphatic rings. The topological polar surface area (TPSA) is 0 Å². The van der Waals surface area contributed by atoms with Crippen LogP contribution >= 0.6 is 39.8 Å². The second-order valence-corrected chi connectivity index (χ2v) is 17.9. The molecule has 0 aliphatic heterocycles. The molecule has 0 aliphatic carbocycles. The van der Waals surface area contributed by atoms with Crippen molar-refractivity contribution in [1.82, 2.24) is 0 Å². The summed E-state index contributed by atoms with van der Waals surface area (Å²) in [5, 5.41) is 0. The quantitative estimate of drug-likeness (QED) is 0.546. The maximum atomic E-state index is 5.00. The SMILES string of the molecule is Cl[As](Cl)(Cl)Cl. The summed E-state index contributed by atoms with van der Waals surface area (Å²) in [5.74, 6) is 0. The normalized spacial score (nSPS) is 12.0. The van der Waals surface area contributed by atoms with E-state index in [0.717, 1.165) is 0 Å². The summed E-state index contributed by atoms with van der Waals surface area (Å²) < 4.78 is 0. The third-order valence-corrected chi connectivity index (χ3v) is 0. The first-order valence-corrected chi connectivity index (χ1v) is 10.5. The van der Waals surface area contributed by atoms with Gasteiger partial charge in [-0.25, -0.2) is 0 Å². The van der Waals surface area contributed by atoms with Crippen LogP contribution in [0.25, 0.3) is 0 Å². The van der Waals surface area contributed by atoms with Gasteiger partial charge in [-0.15, -0.1) is 0 Å². The molecule has 0 nitrogen and oxygen atoms in total. The van der Waals surface area contributed by atoms with Crippen molar-refractivity contribution in [3.05, 3.63) is 0 Å². The van der Waals surface area contributed by atoms with E-state index in [4.69, 9.17) is 39.8 Å². The van der Waals surface area contributed by atoms with Crippen LogP contribution in [0.15, 0.2) is 0 Å². The van der Waals surface area contributed by atoms with E-state index in [2.05, 4.69) is 0 Å². The first-order valence-electron chi connectivity index (χ1n) is 0.676. The fourth-order valence-corrected chi connectivity index (χ4v) is 0. The van der Waals surface area contributed by atoms with Gasteiger partial charge in [0.1, 0.15) is 0 Å². The van der Waals surface area contributed by atoms with E-state index in [1.54, 1.807) is 0 Å². The molecule has 5 heavy (non-hydrogen) atoms. The van der Waals surface area contributed by atoms with Gasteiger partial charge in [-0.1, -0.05) is 0 Å². The van der Waals surface area contributed by atoms with Crippen LogP contribution in [-0.2, 0) is 0 Å². The molecule has 5 heteroatoms. The Morgan fingerprint density at radius 1 is 0.800 bits per heavy atom. The van der Waals surface area contributed by atoms with Gasteiger partial charge in [0.15, 0.2) is 0 Å². The van der Waals surface area contributed by atoms with E-state index in [1.807, 2.05) is 0 Å². The molecule has 0 bridgehead atoms. The third-order valence-electron chi connectivity index (χ3n) is 0. The third kappa shape index (κ3) is 26.8. The molecule has 0 unspecified atom stereocenters. The molecular formula is AsCl4. The van der Waals surface area contributed by atoms with Gasteiger partial charge in [-0.2, -0.15) is 0 Å². The number of halogens is 4. The average molecular weight is 217 g/mol. The fourth-order valence-electron chi connectivity index (χ4n) is 0. The van der Waals surface area contributed by atoms with Crippen LogP contribution in [0.3, 0.4) is 0 Å². The molecule has 0 saturated carbocycles. The molecule has 0 atom stereocenters. The molecule has 0 amide bonds. The molecule has 1 radical (unpaired) electrons. The summed E-state index contributed by atoms with van der Waals surface area (Å²) >= 11 is 0. The molecule has 0 aromatic rings. The molecule has 0 N–H and O–H groups in total. The summed E-state index contributed by atoms with van der Waals surface area (Å²) in [6.07, 6.45) is 0. The van der Waals surface area contributed by atoms with Gasteiger partial charge < -0.3 is 0 Å². The van der Waals surface area contributed by atoms with Gasteiger partial charge in [0, 0.05) is 0 Å². The van der Waals surface area contributed by atoms with Crippen molar-refractivity contribution < 1.29 is 0 Å². The van der Waals surface area contributed by atoms with Gasteiger partial charge in [0.2, 0.25) is 0 Å². The Balaban J connectivity index is 3.02. The van der Waals surface area contributed by atoms with Crippen LogP contribution in [0.1, 0.15) is 0 Å². The number of hydrogen-bond donors (Lipinski definition) is 0. The summed E-state index contributed by atoms with van der Waals surface area (Å²) in [7, 11) is 17.0. The van der Waals surface area contributed by atoms with Crippen molar-refractivity contribution in [3.8, 4) is 0 Å². The van der Waals surface area contributed by atoms with Crippen molar-refractivity contribution in [2.45, 2.75) is 0 Å². The van der Waals surface area contributed by atoms with Gasteiger partial charge in [-0.3, -0.25) is 0 Å². The Morgan fingerprint density at radius 3 is 0.800 bits per heavy atom. The van der Waals surface area contributed by atoms with Crippen LogP contribution in [0.5, 0.6) is 0 Å². The van der Waals surface area contributed by atoms with Crippen molar-refractivity contribution >= 4 is 49.6 Å². The second-order valence-electron chi connectivity index (χ2n) is 0.383. The zero-order valence-corrected chi connectivity index (χ0v) is 6.86. The van der Waals surface area contributed by atoms with Crippen LogP contribution in [0, 0.1) is 0 Å². The van der Waals surface area contributed by atoms with Gasteiger partial charge in [-0.05, 0) is 0 Å². The van der Waals surface area contributed by atoms with E-state index in [1.165, 1.54) is 0 Å². The molecule has 0 heterocycles. The minimum absolute atomic E-state index is 2.99. The Labute approximate surface area is 49.4 Å². The molecule has 0 fully saturated rings. The van der Waals surface area contributed by atoms with E-state index in [0.29, 0.717) is 0 Å². The average Bonchev–Trinajstić information content (AvgIpc) is 0.722. The Kier molecular flexibility index (Phi) is 2.87. The minimum atomic E-state index is -2.99. The summed E-state index contributed by atoms with van der Waals surface area (Å²) in [4.78, 5) is 0. The molecule has 0 spiro atoms. The first-order chi connectivity index (χ1) is 2.00. The number of rotatable bonds is 0. The van der Waals surface area contributed by atoms with Crippen molar-refractivity contribution in [3.63, 3.8) is 0 Å². The predicted octanol–water partition coefficient (Wildman–Crippen LogP) is 2.38. The van der Waals surface area contributed by atoms with Crippen molar-refractivity contribution in [1.29, 1.82) is 0 Å². The summed E-state index contributed by atoms with van der Waals surface area (Å²) in [6, 6.07) is 0. The molecule has 0 rings (SSSR count). The van der Waals surface area contributed by atoms with Crippen LogP contribution in [0.4, 0.5) is 0 Å². The van der Waals surface area contributed by atoms with Gasteiger partial charge in [0.05, 0.1) is 0 Å². The van der Waals surface area contributed by atoms with Crippen LogP contribution in [0.2, 0.25) is 0 Å². The van der Waals surface area contributed by atoms with E-state index in [-0.39, 0.29) is 0 Å². The van der Waals surface area contributed by atoms with E-state index < -0.39 is 9.79 Å². The van der Waals surface area contributed by atoms with Crippen LogP contribution in [-0.4, -0.2) is 9.79 Å². The number of hydrogen-bond acceptors (Lipinski definition) is 0. The zero-order valence-electron chi connectivity index (χ0n) is 1.96. The Bertz CT molecular complexity index is 19.1.